The van der Waals surface area contributed by atoms with Gasteiger partial charge in [0.2, 0.25) is 0 Å². The van der Waals surface area contributed by atoms with Gasteiger partial charge in [-0.3, -0.25) is 0 Å². The Balaban J connectivity index is 2.11. The zero-order valence-corrected chi connectivity index (χ0v) is 13.2. The third kappa shape index (κ3) is 4.48. The van der Waals surface area contributed by atoms with Gasteiger partial charge >= 0.3 is 6.03 Å². The summed E-state index contributed by atoms with van der Waals surface area (Å²) in [5, 5.41) is 12.6. The molecule has 0 aliphatic heterocycles. The van der Waals surface area contributed by atoms with Gasteiger partial charge in [-0.2, -0.15) is 0 Å². The number of rotatable bonds is 5. The number of hydrogen-bond acceptors (Lipinski definition) is 2. The molecule has 0 atom stereocenters. The molecule has 2 rings (SSSR count). The summed E-state index contributed by atoms with van der Waals surface area (Å²) in [7, 11) is 0. The van der Waals surface area contributed by atoms with Crippen molar-refractivity contribution < 1.29 is 9.90 Å². The van der Waals surface area contributed by atoms with Gasteiger partial charge in [0.05, 0.1) is 6.61 Å². The average Bonchev–Trinajstić information content (AvgIpc) is 2.51. The maximum Gasteiger partial charge on any atom is 0.322 e. The molecule has 0 bridgehead atoms. The Hall–Kier alpha value is -2.04. The van der Waals surface area contributed by atoms with Crippen molar-refractivity contribution in [1.29, 1.82) is 0 Å². The predicted octanol–water partition coefficient (Wildman–Crippen LogP) is 3.67. The highest BCUT2D eigenvalue weighted by Crippen LogP contribution is 2.20. The molecule has 0 fully saturated rings. The van der Waals surface area contributed by atoms with Crippen molar-refractivity contribution in [3.05, 3.63) is 64.7 Å². The summed E-state index contributed by atoms with van der Waals surface area (Å²) in [6, 6.07) is 14.8. The smallest absolute Gasteiger partial charge is 0.322 e. The summed E-state index contributed by atoms with van der Waals surface area (Å²) in [4.78, 5) is 14.0. The number of nitrogens with zero attached hydrogens (tertiary/aromatic N) is 1. The number of carbonyl (C=O) groups excluding carboxylic acids is 1. The highest BCUT2D eigenvalue weighted by atomic mass is 35.5. The molecular weight excluding hydrogens is 300 g/mol. The molecule has 0 heterocycles. The van der Waals surface area contributed by atoms with E-state index in [1.165, 1.54) is 0 Å². The van der Waals surface area contributed by atoms with Crippen LogP contribution in [0.25, 0.3) is 0 Å². The van der Waals surface area contributed by atoms with E-state index in [1.54, 1.807) is 17.0 Å². The predicted molar refractivity (Wildman–Crippen MR) is 89.1 cm³/mol. The van der Waals surface area contributed by atoms with Gasteiger partial charge in [-0.25, -0.2) is 4.79 Å². The van der Waals surface area contributed by atoms with Crippen molar-refractivity contribution >= 4 is 23.3 Å². The fourth-order valence-electron chi connectivity index (χ4n) is 2.10. The molecule has 116 valence electrons. The molecule has 2 N–H and O–H groups in total. The fourth-order valence-corrected chi connectivity index (χ4v) is 2.27. The molecule has 0 aliphatic carbocycles. The van der Waals surface area contributed by atoms with Gasteiger partial charge in [0.1, 0.15) is 0 Å². The molecule has 5 heteroatoms. The van der Waals surface area contributed by atoms with Gasteiger partial charge in [0.25, 0.3) is 0 Å². The zero-order chi connectivity index (χ0) is 15.9. The number of urea groups is 1. The molecule has 0 saturated heterocycles. The topological polar surface area (TPSA) is 52.6 Å². The first-order valence-corrected chi connectivity index (χ1v) is 7.45. The normalized spacial score (nSPS) is 10.3. The number of amides is 2. The Morgan fingerprint density at radius 2 is 1.95 bits per heavy atom. The van der Waals surface area contributed by atoms with Crippen molar-refractivity contribution in [1.82, 2.24) is 4.90 Å². The van der Waals surface area contributed by atoms with Crippen LogP contribution < -0.4 is 5.32 Å². The Labute approximate surface area is 135 Å². The maximum atomic E-state index is 12.4. The quantitative estimate of drug-likeness (QED) is 0.883. The van der Waals surface area contributed by atoms with Gasteiger partial charge in [-0.1, -0.05) is 48.0 Å². The minimum atomic E-state index is -0.261. The van der Waals surface area contributed by atoms with Crippen molar-refractivity contribution in [3.8, 4) is 0 Å². The molecule has 0 aromatic heterocycles. The van der Waals surface area contributed by atoms with E-state index in [4.69, 9.17) is 11.6 Å². The van der Waals surface area contributed by atoms with E-state index < -0.39 is 0 Å². The largest absolute Gasteiger partial charge is 0.395 e. The number of halogens is 1. The second kappa shape index (κ2) is 7.82. The Morgan fingerprint density at radius 3 is 2.64 bits per heavy atom. The number of carbonyl (C=O) groups is 1. The number of aliphatic hydroxyl groups excluding tert-OH is 1. The number of anilines is 1. The summed E-state index contributed by atoms with van der Waals surface area (Å²) in [5.74, 6) is 0. The average molecular weight is 319 g/mol. The molecule has 0 radical (unpaired) electrons. The molecule has 22 heavy (non-hydrogen) atoms. The molecule has 0 saturated carbocycles. The summed E-state index contributed by atoms with van der Waals surface area (Å²) < 4.78 is 0. The van der Waals surface area contributed by atoms with Gasteiger partial charge in [0.15, 0.2) is 0 Å². The number of benzene rings is 2. The lowest BCUT2D eigenvalue weighted by atomic mass is 10.2. The summed E-state index contributed by atoms with van der Waals surface area (Å²) in [5.41, 5.74) is 2.61. The number of nitrogens with one attached hydrogen (secondary N) is 1. The Bertz CT molecular complexity index is 632. The molecule has 0 aliphatic rings. The van der Waals surface area contributed by atoms with E-state index in [0.717, 1.165) is 11.1 Å². The molecular formula is C17H19ClN2O2. The Kier molecular flexibility index (Phi) is 5.81. The van der Waals surface area contributed by atoms with E-state index in [2.05, 4.69) is 5.32 Å². The summed E-state index contributed by atoms with van der Waals surface area (Å²) in [6.07, 6.45) is 0. The van der Waals surface area contributed by atoms with Crippen molar-refractivity contribution in [2.75, 3.05) is 18.5 Å². The zero-order valence-electron chi connectivity index (χ0n) is 12.4. The van der Waals surface area contributed by atoms with Gasteiger partial charge in [-0.05, 0) is 30.2 Å². The lowest BCUT2D eigenvalue weighted by Gasteiger charge is -2.23. The van der Waals surface area contributed by atoms with Gasteiger partial charge in [0, 0.05) is 23.8 Å². The van der Waals surface area contributed by atoms with E-state index >= 15 is 0 Å². The van der Waals surface area contributed by atoms with Crippen LogP contribution >= 0.6 is 11.6 Å². The van der Waals surface area contributed by atoms with Crippen LogP contribution in [-0.2, 0) is 6.54 Å². The highest BCUT2D eigenvalue weighted by molar-refractivity contribution is 6.31. The van der Waals surface area contributed by atoms with Gasteiger partial charge < -0.3 is 15.3 Å². The summed E-state index contributed by atoms with van der Waals surface area (Å²) >= 11 is 5.97. The number of hydrogen-bond donors (Lipinski definition) is 2. The minimum absolute atomic E-state index is 0.0885. The van der Waals surface area contributed by atoms with Crippen LogP contribution in [0.3, 0.4) is 0 Å². The van der Waals surface area contributed by atoms with E-state index in [1.807, 2.05) is 43.3 Å². The van der Waals surface area contributed by atoms with Crippen LogP contribution in [0.2, 0.25) is 5.02 Å². The summed E-state index contributed by atoms with van der Waals surface area (Å²) in [6.45, 7) is 2.52. The molecule has 2 aromatic rings. The maximum absolute atomic E-state index is 12.4. The van der Waals surface area contributed by atoms with E-state index in [9.17, 15) is 9.90 Å². The minimum Gasteiger partial charge on any atom is -0.395 e. The van der Waals surface area contributed by atoms with Crippen LogP contribution in [0.1, 0.15) is 11.1 Å². The van der Waals surface area contributed by atoms with Crippen molar-refractivity contribution in [2.45, 2.75) is 13.5 Å². The molecule has 0 spiro atoms. The van der Waals surface area contributed by atoms with Crippen molar-refractivity contribution in [3.63, 3.8) is 0 Å². The first kappa shape index (κ1) is 16.3. The second-order valence-electron chi connectivity index (χ2n) is 5.02. The third-order valence-corrected chi connectivity index (χ3v) is 3.55. The fraction of sp³-hybridized carbons (Fsp3) is 0.235. The standard InChI is InChI=1S/C17H19ClN2O2/c1-13-7-8-15(18)11-16(13)19-17(22)20(9-10-21)12-14-5-3-2-4-6-14/h2-8,11,21H,9-10,12H2,1H3,(H,19,22). The van der Waals surface area contributed by atoms with Crippen LogP contribution in [0.4, 0.5) is 10.5 Å². The second-order valence-corrected chi connectivity index (χ2v) is 5.46. The van der Waals surface area contributed by atoms with Crippen LogP contribution in [0.5, 0.6) is 0 Å². The number of aliphatic hydroxyl groups is 1. The SMILES string of the molecule is Cc1ccc(Cl)cc1NC(=O)N(CCO)Cc1ccccc1. The molecule has 0 unspecified atom stereocenters. The van der Waals surface area contributed by atoms with Crippen LogP contribution in [-0.4, -0.2) is 29.2 Å². The first-order valence-electron chi connectivity index (χ1n) is 7.07. The Morgan fingerprint density at radius 1 is 1.23 bits per heavy atom. The third-order valence-electron chi connectivity index (χ3n) is 3.31. The first-order chi connectivity index (χ1) is 10.6. The van der Waals surface area contributed by atoms with Crippen LogP contribution in [0.15, 0.2) is 48.5 Å². The van der Waals surface area contributed by atoms with Gasteiger partial charge in [-0.15, -0.1) is 0 Å². The number of aryl methyl sites for hydroxylation is 1. The lowest BCUT2D eigenvalue weighted by Crippen LogP contribution is -2.36. The monoisotopic (exact) mass is 318 g/mol. The molecule has 2 aromatic carbocycles. The molecule has 2 amide bonds. The molecule has 4 nitrogen and oxygen atoms in total. The highest BCUT2D eigenvalue weighted by Gasteiger charge is 2.14. The van der Waals surface area contributed by atoms with Crippen molar-refractivity contribution in [2.24, 2.45) is 0 Å². The lowest BCUT2D eigenvalue weighted by molar-refractivity contribution is 0.185. The van der Waals surface area contributed by atoms with E-state index in [-0.39, 0.29) is 19.2 Å². The van der Waals surface area contributed by atoms with E-state index in [0.29, 0.717) is 17.3 Å². The van der Waals surface area contributed by atoms with Crippen LogP contribution in [0, 0.1) is 6.92 Å².